The summed E-state index contributed by atoms with van der Waals surface area (Å²) in [6.45, 7) is 0. The van der Waals surface area contributed by atoms with Gasteiger partial charge in [0.15, 0.2) is 0 Å². The fourth-order valence-electron chi connectivity index (χ4n) is 3.54. The minimum Gasteiger partial charge on any atom is -0.508 e. The van der Waals surface area contributed by atoms with Gasteiger partial charge in [0.1, 0.15) is 28.7 Å². The highest BCUT2D eigenvalue weighted by Crippen LogP contribution is 2.43. The summed E-state index contributed by atoms with van der Waals surface area (Å²) in [6, 6.07) is 18.1. The van der Waals surface area contributed by atoms with Crippen LogP contribution in [0.2, 0.25) is 0 Å². The first-order valence-corrected chi connectivity index (χ1v) is 9.16. The van der Waals surface area contributed by atoms with Crippen LogP contribution < -0.4 is 0 Å². The molecule has 0 saturated heterocycles. The minimum atomic E-state index is -0.168. The van der Waals surface area contributed by atoms with Crippen molar-refractivity contribution in [3.63, 3.8) is 0 Å². The molecule has 0 aromatic heterocycles. The molecule has 0 aliphatic carbocycles. The predicted octanol–water partition coefficient (Wildman–Crippen LogP) is 4.55. The van der Waals surface area contributed by atoms with Crippen LogP contribution in [0.4, 0.5) is 0 Å². The summed E-state index contributed by atoms with van der Waals surface area (Å²) in [6.07, 6.45) is 0.753. The van der Waals surface area contributed by atoms with E-state index in [2.05, 4.69) is 0 Å². The molecule has 0 unspecified atom stereocenters. The summed E-state index contributed by atoms with van der Waals surface area (Å²) < 4.78 is 0. The monoisotopic (exact) mass is 388 g/mol. The van der Waals surface area contributed by atoms with Gasteiger partial charge in [0.2, 0.25) is 0 Å². The van der Waals surface area contributed by atoms with Crippen LogP contribution in [0.15, 0.2) is 66.7 Å². The molecule has 5 heteroatoms. The fourth-order valence-corrected chi connectivity index (χ4v) is 3.54. The Bertz CT molecular complexity index is 1180. The second kappa shape index (κ2) is 7.28. The summed E-state index contributed by atoms with van der Waals surface area (Å²) in [5.74, 6) is 0.00775. The van der Waals surface area contributed by atoms with Gasteiger partial charge in [-0.15, -0.1) is 0 Å². The molecular weight excluding hydrogens is 368 g/mol. The molecule has 0 heterocycles. The lowest BCUT2D eigenvalue weighted by Crippen LogP contribution is -1.95. The molecule has 5 N–H and O–H groups in total. The van der Waals surface area contributed by atoms with Gasteiger partial charge in [-0.25, -0.2) is 0 Å². The summed E-state index contributed by atoms with van der Waals surface area (Å²) in [4.78, 5) is 0. The summed E-state index contributed by atoms with van der Waals surface area (Å²) >= 11 is 0. The van der Waals surface area contributed by atoms with Crippen molar-refractivity contribution < 1.29 is 25.5 Å². The van der Waals surface area contributed by atoms with E-state index in [0.717, 1.165) is 16.7 Å². The lowest BCUT2D eigenvalue weighted by molar-refractivity contribution is 0.440. The molecule has 29 heavy (non-hydrogen) atoms. The number of benzene rings is 4. The Balaban J connectivity index is 1.80. The van der Waals surface area contributed by atoms with Gasteiger partial charge in [0.05, 0.1) is 5.39 Å². The van der Waals surface area contributed by atoms with Gasteiger partial charge >= 0.3 is 0 Å². The Morgan fingerprint density at radius 3 is 1.69 bits per heavy atom. The van der Waals surface area contributed by atoms with Crippen LogP contribution in [0.25, 0.3) is 10.8 Å². The van der Waals surface area contributed by atoms with Crippen LogP contribution in [-0.2, 0) is 12.8 Å². The van der Waals surface area contributed by atoms with Gasteiger partial charge in [0.25, 0.3) is 0 Å². The number of fused-ring (bicyclic) bond motifs is 1. The molecular formula is C24H20O5. The van der Waals surface area contributed by atoms with Crippen molar-refractivity contribution in [2.75, 3.05) is 0 Å². The quantitative estimate of drug-likeness (QED) is 0.353. The Kier molecular flexibility index (Phi) is 4.64. The first kappa shape index (κ1) is 18.5. The number of hydrogen-bond donors (Lipinski definition) is 5. The van der Waals surface area contributed by atoms with E-state index < -0.39 is 0 Å². The number of phenolic OH excluding ortho intramolecular Hbond substituents is 5. The van der Waals surface area contributed by atoms with Gasteiger partial charge in [-0.05, 0) is 64.9 Å². The van der Waals surface area contributed by atoms with E-state index in [-0.39, 0.29) is 40.6 Å². The Morgan fingerprint density at radius 2 is 1.10 bits per heavy atom. The summed E-state index contributed by atoms with van der Waals surface area (Å²) in [7, 11) is 0. The van der Waals surface area contributed by atoms with E-state index in [0.29, 0.717) is 17.4 Å². The molecule has 0 saturated carbocycles. The molecule has 0 atom stereocenters. The zero-order valence-corrected chi connectivity index (χ0v) is 15.5. The maximum absolute atomic E-state index is 10.9. The van der Waals surface area contributed by atoms with E-state index in [4.69, 9.17) is 0 Å². The highest BCUT2D eigenvalue weighted by atomic mass is 16.3. The number of aromatic hydroxyl groups is 5. The van der Waals surface area contributed by atoms with Crippen molar-refractivity contribution >= 4 is 10.8 Å². The van der Waals surface area contributed by atoms with Crippen molar-refractivity contribution in [3.05, 3.63) is 89.0 Å². The van der Waals surface area contributed by atoms with Gasteiger partial charge in [0, 0.05) is 12.0 Å². The average Bonchev–Trinajstić information content (AvgIpc) is 2.70. The standard InChI is InChI=1S/C24H20O5/c25-17-6-1-14(2-7-17)11-16-5-10-21(27)23-19(16)13-22(28)20(24(23)29)12-15-3-8-18(26)9-4-15/h1-10,13,25-29H,11-12H2. The fraction of sp³-hybridized carbons (Fsp3) is 0.0833. The molecule has 5 nitrogen and oxygen atoms in total. The van der Waals surface area contributed by atoms with Crippen molar-refractivity contribution in [3.8, 4) is 28.7 Å². The summed E-state index contributed by atoms with van der Waals surface area (Å²) in [5, 5.41) is 51.6. The lowest BCUT2D eigenvalue weighted by atomic mass is 9.93. The molecule has 0 amide bonds. The van der Waals surface area contributed by atoms with Crippen LogP contribution in [0, 0.1) is 0 Å². The SMILES string of the molecule is Oc1ccc(Cc2c(O)cc3c(Cc4ccc(O)cc4)ccc(O)c3c2O)cc1. The number of rotatable bonds is 4. The van der Waals surface area contributed by atoms with Crippen molar-refractivity contribution in [1.82, 2.24) is 0 Å². The first-order valence-electron chi connectivity index (χ1n) is 9.16. The minimum absolute atomic E-state index is 0.0689. The molecule has 0 aliphatic rings. The topological polar surface area (TPSA) is 101 Å². The molecule has 0 aliphatic heterocycles. The third-order valence-corrected chi connectivity index (χ3v) is 5.07. The highest BCUT2D eigenvalue weighted by molar-refractivity contribution is 5.98. The molecule has 0 radical (unpaired) electrons. The molecule has 0 spiro atoms. The van der Waals surface area contributed by atoms with E-state index in [1.807, 2.05) is 0 Å². The predicted molar refractivity (Wildman–Crippen MR) is 111 cm³/mol. The van der Waals surface area contributed by atoms with E-state index in [1.54, 1.807) is 48.5 Å². The van der Waals surface area contributed by atoms with Gasteiger partial charge < -0.3 is 25.5 Å². The molecule has 4 rings (SSSR count). The normalized spacial score (nSPS) is 11.0. The van der Waals surface area contributed by atoms with Crippen LogP contribution in [0.1, 0.15) is 22.3 Å². The molecule has 4 aromatic carbocycles. The lowest BCUT2D eigenvalue weighted by Gasteiger charge is -2.15. The second-order valence-corrected chi connectivity index (χ2v) is 7.08. The maximum Gasteiger partial charge on any atom is 0.134 e. The molecule has 146 valence electrons. The van der Waals surface area contributed by atoms with Gasteiger partial charge in [-0.1, -0.05) is 30.3 Å². The summed E-state index contributed by atoms with van der Waals surface area (Å²) in [5.41, 5.74) is 2.87. The first-order chi connectivity index (χ1) is 13.9. The van der Waals surface area contributed by atoms with Gasteiger partial charge in [-0.2, -0.15) is 0 Å². The highest BCUT2D eigenvalue weighted by Gasteiger charge is 2.18. The van der Waals surface area contributed by atoms with E-state index >= 15 is 0 Å². The second-order valence-electron chi connectivity index (χ2n) is 7.08. The zero-order valence-electron chi connectivity index (χ0n) is 15.5. The maximum atomic E-state index is 10.9. The molecule has 0 bridgehead atoms. The van der Waals surface area contributed by atoms with Crippen LogP contribution in [0.5, 0.6) is 28.7 Å². The molecule has 0 fully saturated rings. The van der Waals surface area contributed by atoms with Crippen molar-refractivity contribution in [1.29, 1.82) is 0 Å². The third-order valence-electron chi connectivity index (χ3n) is 5.07. The molecule has 4 aromatic rings. The van der Waals surface area contributed by atoms with Crippen molar-refractivity contribution in [2.45, 2.75) is 12.8 Å². The third kappa shape index (κ3) is 3.62. The average molecular weight is 388 g/mol. The number of hydrogen-bond acceptors (Lipinski definition) is 5. The Morgan fingerprint density at radius 1 is 0.552 bits per heavy atom. The zero-order chi connectivity index (χ0) is 20.5. The Labute approximate surface area is 167 Å². The van der Waals surface area contributed by atoms with E-state index in [1.165, 1.54) is 18.2 Å². The van der Waals surface area contributed by atoms with E-state index in [9.17, 15) is 25.5 Å². The van der Waals surface area contributed by atoms with Crippen LogP contribution in [0.3, 0.4) is 0 Å². The Hall–Kier alpha value is -3.86. The number of phenols is 5. The van der Waals surface area contributed by atoms with Crippen molar-refractivity contribution in [2.24, 2.45) is 0 Å². The van der Waals surface area contributed by atoms with Crippen LogP contribution >= 0.6 is 0 Å². The smallest absolute Gasteiger partial charge is 0.134 e. The van der Waals surface area contributed by atoms with Gasteiger partial charge in [-0.3, -0.25) is 0 Å². The van der Waals surface area contributed by atoms with Crippen LogP contribution in [-0.4, -0.2) is 25.5 Å². The largest absolute Gasteiger partial charge is 0.508 e.